The van der Waals surface area contributed by atoms with Crippen molar-refractivity contribution in [2.75, 3.05) is 19.6 Å². The molecule has 0 bridgehead atoms. The Kier molecular flexibility index (Phi) is 4.18. The Labute approximate surface area is 92.3 Å². The van der Waals surface area contributed by atoms with Gasteiger partial charge in [0.15, 0.2) is 0 Å². The van der Waals surface area contributed by atoms with Crippen molar-refractivity contribution in [2.24, 2.45) is 0 Å². The molecule has 0 amide bonds. The minimum atomic E-state index is 1.06. The molecule has 1 heterocycles. The van der Waals surface area contributed by atoms with Crippen molar-refractivity contribution in [3.05, 3.63) is 35.9 Å². The fourth-order valence-electron chi connectivity index (χ4n) is 2.06. The Hall–Kier alpha value is -0.860. The van der Waals surface area contributed by atoms with Crippen molar-refractivity contribution in [3.63, 3.8) is 0 Å². The van der Waals surface area contributed by atoms with E-state index >= 15 is 0 Å². The fraction of sp³-hybridized carbons (Fsp3) is 0.538. The SMILES string of the molecule is c1ccc(CCNN2CCCCC2)cc1. The Bertz CT molecular complexity index is 265. The molecule has 1 aromatic carbocycles. The molecule has 1 N–H and O–H groups in total. The molecular weight excluding hydrogens is 184 g/mol. The van der Waals surface area contributed by atoms with Gasteiger partial charge in [-0.2, -0.15) is 0 Å². The molecule has 0 saturated carbocycles. The van der Waals surface area contributed by atoms with Crippen LogP contribution in [0.4, 0.5) is 0 Å². The van der Waals surface area contributed by atoms with Crippen molar-refractivity contribution in [3.8, 4) is 0 Å². The highest BCUT2D eigenvalue weighted by atomic mass is 15.5. The number of nitrogens with zero attached hydrogens (tertiary/aromatic N) is 1. The normalized spacial score (nSPS) is 17.9. The quantitative estimate of drug-likeness (QED) is 0.809. The van der Waals surface area contributed by atoms with Gasteiger partial charge in [-0.1, -0.05) is 36.8 Å². The van der Waals surface area contributed by atoms with Gasteiger partial charge in [-0.3, -0.25) is 5.43 Å². The van der Waals surface area contributed by atoms with E-state index in [9.17, 15) is 0 Å². The van der Waals surface area contributed by atoms with Crippen LogP contribution in [0, 0.1) is 0 Å². The second-order valence-electron chi connectivity index (χ2n) is 4.19. The summed E-state index contributed by atoms with van der Waals surface area (Å²) >= 11 is 0. The van der Waals surface area contributed by atoms with E-state index in [0.29, 0.717) is 0 Å². The third kappa shape index (κ3) is 3.65. The Balaban J connectivity index is 1.66. The maximum atomic E-state index is 3.50. The highest BCUT2D eigenvalue weighted by Gasteiger charge is 2.08. The maximum absolute atomic E-state index is 3.50. The molecule has 1 saturated heterocycles. The summed E-state index contributed by atoms with van der Waals surface area (Å²) in [5.41, 5.74) is 4.92. The average Bonchev–Trinajstić information content (AvgIpc) is 2.32. The molecule has 1 aliphatic heterocycles. The monoisotopic (exact) mass is 204 g/mol. The van der Waals surface area contributed by atoms with Gasteiger partial charge in [0.1, 0.15) is 0 Å². The standard InChI is InChI=1S/C13H20N2/c1-3-7-13(8-4-1)9-10-14-15-11-5-2-6-12-15/h1,3-4,7-8,14H,2,5-6,9-12H2. The first-order valence-corrected chi connectivity index (χ1v) is 5.97. The zero-order valence-corrected chi connectivity index (χ0v) is 9.28. The summed E-state index contributed by atoms with van der Waals surface area (Å²) in [6.45, 7) is 3.49. The van der Waals surface area contributed by atoms with Crippen LogP contribution >= 0.6 is 0 Å². The predicted molar refractivity (Wildman–Crippen MR) is 63.6 cm³/mol. The third-order valence-corrected chi connectivity index (χ3v) is 2.95. The van der Waals surface area contributed by atoms with Crippen LogP contribution in [0.5, 0.6) is 0 Å². The first kappa shape index (κ1) is 10.7. The van der Waals surface area contributed by atoms with Crippen LogP contribution in [-0.4, -0.2) is 24.6 Å². The summed E-state index contributed by atoms with van der Waals surface area (Å²) in [7, 11) is 0. The van der Waals surface area contributed by atoms with Gasteiger partial charge in [-0.05, 0) is 24.8 Å². The number of hydrogen-bond donors (Lipinski definition) is 1. The molecule has 15 heavy (non-hydrogen) atoms. The lowest BCUT2D eigenvalue weighted by Gasteiger charge is -2.27. The van der Waals surface area contributed by atoms with Gasteiger partial charge < -0.3 is 0 Å². The molecule has 0 atom stereocenters. The molecular formula is C13H20N2. The van der Waals surface area contributed by atoms with Gasteiger partial charge in [0.05, 0.1) is 0 Å². The minimum Gasteiger partial charge on any atom is -0.255 e. The molecule has 1 fully saturated rings. The van der Waals surface area contributed by atoms with E-state index in [0.717, 1.165) is 13.0 Å². The largest absolute Gasteiger partial charge is 0.255 e. The van der Waals surface area contributed by atoms with Gasteiger partial charge in [0.25, 0.3) is 0 Å². The summed E-state index contributed by atoms with van der Waals surface area (Å²) in [5.74, 6) is 0. The highest BCUT2D eigenvalue weighted by Crippen LogP contribution is 2.06. The number of nitrogens with one attached hydrogen (secondary N) is 1. The first-order chi connectivity index (χ1) is 7.45. The van der Waals surface area contributed by atoms with Crippen LogP contribution in [0.15, 0.2) is 30.3 Å². The molecule has 0 aliphatic carbocycles. The topological polar surface area (TPSA) is 15.3 Å². The smallest absolute Gasteiger partial charge is 0.0143 e. The maximum Gasteiger partial charge on any atom is 0.0143 e. The summed E-state index contributed by atoms with van der Waals surface area (Å²) < 4.78 is 0. The van der Waals surface area contributed by atoms with Gasteiger partial charge >= 0.3 is 0 Å². The Morgan fingerprint density at radius 2 is 1.73 bits per heavy atom. The lowest BCUT2D eigenvalue weighted by Crippen LogP contribution is -2.42. The van der Waals surface area contributed by atoms with Crippen molar-refractivity contribution in [1.82, 2.24) is 10.4 Å². The van der Waals surface area contributed by atoms with Gasteiger partial charge in [0.2, 0.25) is 0 Å². The predicted octanol–water partition coefficient (Wildman–Crippen LogP) is 2.22. The van der Waals surface area contributed by atoms with Crippen LogP contribution in [0.3, 0.4) is 0 Å². The fourth-order valence-corrected chi connectivity index (χ4v) is 2.06. The Morgan fingerprint density at radius 1 is 1.00 bits per heavy atom. The second kappa shape index (κ2) is 5.89. The van der Waals surface area contributed by atoms with Gasteiger partial charge in [-0.25, -0.2) is 5.01 Å². The molecule has 2 nitrogen and oxygen atoms in total. The molecule has 1 aromatic rings. The summed E-state index contributed by atoms with van der Waals surface area (Å²) in [4.78, 5) is 0. The zero-order valence-electron chi connectivity index (χ0n) is 9.28. The Morgan fingerprint density at radius 3 is 2.47 bits per heavy atom. The molecule has 2 rings (SSSR count). The van der Waals surface area contributed by atoms with Crippen molar-refractivity contribution in [2.45, 2.75) is 25.7 Å². The number of hydrogen-bond acceptors (Lipinski definition) is 2. The lowest BCUT2D eigenvalue weighted by atomic mass is 10.1. The van der Waals surface area contributed by atoms with Crippen LogP contribution in [0.1, 0.15) is 24.8 Å². The average molecular weight is 204 g/mol. The van der Waals surface area contributed by atoms with Crippen molar-refractivity contribution >= 4 is 0 Å². The van der Waals surface area contributed by atoms with Gasteiger partial charge in [0, 0.05) is 19.6 Å². The van der Waals surface area contributed by atoms with Crippen molar-refractivity contribution in [1.29, 1.82) is 0 Å². The third-order valence-electron chi connectivity index (χ3n) is 2.95. The minimum absolute atomic E-state index is 1.06. The number of benzene rings is 1. The zero-order chi connectivity index (χ0) is 10.3. The van der Waals surface area contributed by atoms with Crippen LogP contribution in [-0.2, 0) is 6.42 Å². The molecule has 0 spiro atoms. The molecule has 1 aliphatic rings. The van der Waals surface area contributed by atoms with E-state index in [1.54, 1.807) is 0 Å². The van der Waals surface area contributed by atoms with Crippen LogP contribution in [0.25, 0.3) is 0 Å². The van der Waals surface area contributed by atoms with E-state index in [-0.39, 0.29) is 0 Å². The lowest BCUT2D eigenvalue weighted by molar-refractivity contribution is 0.155. The van der Waals surface area contributed by atoms with Crippen molar-refractivity contribution < 1.29 is 0 Å². The van der Waals surface area contributed by atoms with E-state index in [1.807, 2.05) is 0 Å². The molecule has 2 heteroatoms. The molecule has 0 unspecified atom stereocenters. The summed E-state index contributed by atoms with van der Waals surface area (Å²) in [6.07, 6.45) is 5.21. The number of hydrazine groups is 1. The van der Waals surface area contributed by atoms with Gasteiger partial charge in [-0.15, -0.1) is 0 Å². The van der Waals surface area contributed by atoms with E-state index < -0.39 is 0 Å². The van der Waals surface area contributed by atoms with E-state index in [4.69, 9.17) is 0 Å². The molecule has 0 radical (unpaired) electrons. The highest BCUT2D eigenvalue weighted by molar-refractivity contribution is 5.14. The van der Waals surface area contributed by atoms with E-state index in [2.05, 4.69) is 40.8 Å². The second-order valence-corrected chi connectivity index (χ2v) is 4.19. The summed E-state index contributed by atoms with van der Waals surface area (Å²) in [6, 6.07) is 10.7. The first-order valence-electron chi connectivity index (χ1n) is 5.97. The van der Waals surface area contributed by atoms with Crippen LogP contribution < -0.4 is 5.43 Å². The molecule has 0 aromatic heterocycles. The van der Waals surface area contributed by atoms with Crippen LogP contribution in [0.2, 0.25) is 0 Å². The summed E-state index contributed by atoms with van der Waals surface area (Å²) in [5, 5.41) is 2.37. The van der Waals surface area contributed by atoms with E-state index in [1.165, 1.54) is 37.9 Å². The molecule has 82 valence electrons. The number of piperidine rings is 1. The number of rotatable bonds is 4.